The van der Waals surface area contributed by atoms with Crippen LogP contribution in [0.25, 0.3) is 16.4 Å². The fourth-order valence-electron chi connectivity index (χ4n) is 4.66. The number of aromatic carboxylic acids is 1. The summed E-state index contributed by atoms with van der Waals surface area (Å²) in [5.41, 5.74) is 3.37. The molecule has 1 saturated carbocycles. The molecule has 3 N–H and O–H groups in total. The van der Waals surface area contributed by atoms with Crippen molar-refractivity contribution in [2.75, 3.05) is 0 Å². The molecule has 3 aromatic heterocycles. The van der Waals surface area contributed by atoms with Crippen LogP contribution in [-0.4, -0.2) is 35.0 Å². The Kier molecular flexibility index (Phi) is 8.02. The average Bonchev–Trinajstić information content (AvgIpc) is 3.32. The summed E-state index contributed by atoms with van der Waals surface area (Å²) in [5, 5.41) is 22.5. The van der Waals surface area contributed by atoms with Crippen LogP contribution in [0.4, 0.5) is 8.78 Å². The van der Waals surface area contributed by atoms with Crippen molar-refractivity contribution in [3.63, 3.8) is 0 Å². The molecule has 5 aromatic rings. The maximum absolute atomic E-state index is 14.9. The van der Waals surface area contributed by atoms with Gasteiger partial charge in [-0.3, -0.25) is 0 Å². The Bertz CT molecular complexity index is 1970. The first-order valence-corrected chi connectivity index (χ1v) is 16.1. The molecule has 2 aromatic carbocycles. The van der Waals surface area contributed by atoms with Crippen LogP contribution in [0.2, 0.25) is 0 Å². The van der Waals surface area contributed by atoms with E-state index in [0.29, 0.717) is 39.2 Å². The van der Waals surface area contributed by atoms with E-state index < -0.39 is 28.6 Å². The van der Waals surface area contributed by atoms with Crippen LogP contribution in [0.1, 0.15) is 55.6 Å². The molecular weight excluding hydrogens is 613 g/mol. The van der Waals surface area contributed by atoms with Gasteiger partial charge in [-0.1, -0.05) is 12.0 Å². The van der Waals surface area contributed by atoms with Crippen molar-refractivity contribution < 1.29 is 22.9 Å². The Morgan fingerprint density at radius 3 is 2.65 bits per heavy atom. The molecule has 1 fully saturated rings. The van der Waals surface area contributed by atoms with Crippen LogP contribution in [0.3, 0.4) is 0 Å². The molecule has 0 saturated heterocycles. The van der Waals surface area contributed by atoms with Gasteiger partial charge in [0.2, 0.25) is 5.13 Å². The van der Waals surface area contributed by atoms with Crippen molar-refractivity contribution in [3.8, 4) is 28.2 Å². The fraction of sp³-hybridized carbons (Fsp3) is 0.200. The van der Waals surface area contributed by atoms with Crippen molar-refractivity contribution in [2.45, 2.75) is 37.5 Å². The minimum atomic E-state index is -1.97. The Morgan fingerprint density at radius 1 is 1.19 bits per heavy atom. The summed E-state index contributed by atoms with van der Waals surface area (Å²) in [6.07, 6.45) is 4.62. The zero-order chi connectivity index (χ0) is 30.2. The van der Waals surface area contributed by atoms with E-state index >= 15 is 0 Å². The highest BCUT2D eigenvalue weighted by Gasteiger charge is 2.29. The molecule has 8 nitrogen and oxygen atoms in total. The van der Waals surface area contributed by atoms with Gasteiger partial charge >= 0.3 is 5.97 Å². The van der Waals surface area contributed by atoms with E-state index in [-0.39, 0.29) is 22.6 Å². The van der Waals surface area contributed by atoms with Crippen molar-refractivity contribution >= 4 is 39.6 Å². The summed E-state index contributed by atoms with van der Waals surface area (Å²) in [7, 11) is -1.97. The van der Waals surface area contributed by atoms with Gasteiger partial charge in [-0.05, 0) is 73.9 Å². The topological polar surface area (TPSA) is 124 Å². The smallest absolute Gasteiger partial charge is 0.355 e. The number of carbonyl (C=O) groups is 1. The number of rotatable bonds is 8. The van der Waals surface area contributed by atoms with Crippen molar-refractivity contribution in [1.29, 1.82) is 0 Å². The SMILES string of the molecule is Cc1ncc(C#Cc2cc(-c3nn(-c4nc(C(=O)O)cs4)c(CC4CC4)c3Cc3ccc(S(N)=O)c(F)c3)ccc2F)s1. The van der Waals surface area contributed by atoms with Gasteiger partial charge < -0.3 is 5.11 Å². The number of nitrogens with two attached hydrogens (primary N) is 1. The van der Waals surface area contributed by atoms with Gasteiger partial charge in [0.1, 0.15) is 22.6 Å². The highest BCUT2D eigenvalue weighted by atomic mass is 32.2. The molecule has 43 heavy (non-hydrogen) atoms. The highest BCUT2D eigenvalue weighted by Crippen LogP contribution is 2.38. The minimum absolute atomic E-state index is 0.0962. The predicted octanol–water partition coefficient (Wildman–Crippen LogP) is 5.66. The number of carboxylic acids is 1. The number of aromatic nitrogens is 4. The highest BCUT2D eigenvalue weighted by molar-refractivity contribution is 7.82. The third kappa shape index (κ3) is 6.33. The van der Waals surface area contributed by atoms with E-state index in [1.165, 1.54) is 34.9 Å². The van der Waals surface area contributed by atoms with E-state index in [2.05, 4.69) is 21.8 Å². The number of nitrogens with zero attached hydrogens (tertiary/aromatic N) is 4. The van der Waals surface area contributed by atoms with Crippen LogP contribution in [0, 0.1) is 36.3 Å². The Hall–Kier alpha value is -4.09. The number of halogens is 2. The zero-order valence-corrected chi connectivity index (χ0v) is 25.1. The molecular formula is C30H23F2N5O3S3. The number of thiazole rings is 2. The number of hydrogen-bond donors (Lipinski definition) is 2. The quantitative estimate of drug-likeness (QED) is 0.212. The number of aryl methyl sites for hydroxylation is 1. The summed E-state index contributed by atoms with van der Waals surface area (Å²) in [4.78, 5) is 20.7. The monoisotopic (exact) mass is 635 g/mol. The van der Waals surface area contributed by atoms with Crippen LogP contribution in [0.15, 0.2) is 52.9 Å². The molecule has 0 aliphatic heterocycles. The summed E-state index contributed by atoms with van der Waals surface area (Å²) >= 11 is 2.56. The Morgan fingerprint density at radius 2 is 2.00 bits per heavy atom. The van der Waals surface area contributed by atoms with E-state index in [1.807, 2.05) is 6.92 Å². The van der Waals surface area contributed by atoms with Crippen molar-refractivity contribution in [2.24, 2.45) is 11.1 Å². The van der Waals surface area contributed by atoms with Crippen molar-refractivity contribution in [3.05, 3.63) is 97.6 Å². The molecule has 3 heterocycles. The lowest BCUT2D eigenvalue weighted by molar-refractivity contribution is 0.0691. The van der Waals surface area contributed by atoms with E-state index in [0.717, 1.165) is 40.4 Å². The van der Waals surface area contributed by atoms with E-state index in [1.54, 1.807) is 29.1 Å². The number of hydrogen-bond acceptors (Lipinski definition) is 7. The summed E-state index contributed by atoms with van der Waals surface area (Å²) < 4.78 is 43.1. The zero-order valence-electron chi connectivity index (χ0n) is 22.6. The molecule has 218 valence electrons. The van der Waals surface area contributed by atoms with Crippen LogP contribution in [-0.2, 0) is 23.8 Å². The van der Waals surface area contributed by atoms with E-state index in [9.17, 15) is 22.9 Å². The third-order valence-electron chi connectivity index (χ3n) is 6.94. The maximum Gasteiger partial charge on any atom is 0.355 e. The third-order valence-corrected chi connectivity index (χ3v) is 9.35. The maximum atomic E-state index is 14.9. The lowest BCUT2D eigenvalue weighted by atomic mass is 9.96. The predicted molar refractivity (Wildman–Crippen MR) is 161 cm³/mol. The normalized spacial score (nSPS) is 13.5. The van der Waals surface area contributed by atoms with Gasteiger partial charge in [0.25, 0.3) is 0 Å². The fourth-order valence-corrected chi connectivity index (χ4v) is 6.52. The van der Waals surface area contributed by atoms with Gasteiger partial charge in [-0.15, -0.1) is 22.7 Å². The van der Waals surface area contributed by atoms with Crippen LogP contribution in [0.5, 0.6) is 0 Å². The van der Waals surface area contributed by atoms with Gasteiger partial charge in [-0.2, -0.15) is 5.10 Å². The summed E-state index contributed by atoms with van der Waals surface area (Å²) in [6.45, 7) is 1.87. The lowest BCUT2D eigenvalue weighted by Gasteiger charge is -2.10. The molecule has 1 atom stereocenters. The van der Waals surface area contributed by atoms with Crippen LogP contribution < -0.4 is 5.14 Å². The molecule has 0 spiro atoms. The molecule has 0 bridgehead atoms. The van der Waals surface area contributed by atoms with E-state index in [4.69, 9.17) is 10.2 Å². The molecule has 1 aliphatic rings. The average molecular weight is 636 g/mol. The largest absolute Gasteiger partial charge is 0.476 e. The molecule has 0 amide bonds. The van der Waals surface area contributed by atoms with Gasteiger partial charge in [0, 0.05) is 22.9 Å². The minimum Gasteiger partial charge on any atom is -0.476 e. The van der Waals surface area contributed by atoms with Gasteiger partial charge in [0.05, 0.1) is 37.9 Å². The van der Waals surface area contributed by atoms with Crippen molar-refractivity contribution in [1.82, 2.24) is 19.7 Å². The first-order valence-electron chi connectivity index (χ1n) is 13.1. The molecule has 13 heteroatoms. The summed E-state index contributed by atoms with van der Waals surface area (Å²) in [5.74, 6) is 3.96. The first kappa shape index (κ1) is 29.0. The van der Waals surface area contributed by atoms with Gasteiger partial charge in [-0.25, -0.2) is 37.6 Å². The Labute approximate surface area is 255 Å². The molecule has 6 rings (SSSR count). The first-order chi connectivity index (χ1) is 20.7. The molecule has 1 aliphatic carbocycles. The van der Waals surface area contributed by atoms with Crippen LogP contribution >= 0.6 is 22.7 Å². The number of carboxylic acid groups (broad SMARTS) is 1. The molecule has 0 radical (unpaired) electrons. The Balaban J connectivity index is 1.51. The standard InChI is InChI=1S/C30H23F2N5O3S3/c1-16-34-14-21(42-16)7-5-19-13-20(6-8-23(19)31)28-22(10-18-4-9-27(43(33)40)24(32)11-18)26(12-17-2-3-17)37(36-28)30-35-25(15-41-30)29(38)39/h4,6,8-9,11,13-15,17H,2-3,10,12,33H2,1H3,(H,38,39). The lowest BCUT2D eigenvalue weighted by Crippen LogP contribution is -2.07. The second-order valence-electron chi connectivity index (χ2n) is 10.1. The second-order valence-corrected chi connectivity index (χ2v) is 13.2. The molecule has 1 unspecified atom stereocenters. The number of benzene rings is 2. The summed E-state index contributed by atoms with van der Waals surface area (Å²) in [6, 6.07) is 8.93. The van der Waals surface area contributed by atoms with Gasteiger partial charge in [0.15, 0.2) is 5.69 Å². The second kappa shape index (κ2) is 11.9.